The van der Waals surface area contributed by atoms with Crippen LogP contribution < -0.4 is 0 Å². The molecule has 1 aromatic heterocycles. The largest absolute Gasteiger partial charge is 0.384 e. The third-order valence-corrected chi connectivity index (χ3v) is 3.77. The highest BCUT2D eigenvalue weighted by Gasteiger charge is 2.14. The fourth-order valence-electron chi connectivity index (χ4n) is 2.16. The van der Waals surface area contributed by atoms with Crippen molar-refractivity contribution in [3.05, 3.63) is 75.9 Å². The van der Waals surface area contributed by atoms with E-state index in [4.69, 9.17) is 23.2 Å². The van der Waals surface area contributed by atoms with E-state index in [0.717, 1.165) is 16.5 Å². The molecule has 0 saturated carbocycles. The Balaban J connectivity index is 2.05. The Morgan fingerprint density at radius 3 is 2.65 bits per heavy atom. The van der Waals surface area contributed by atoms with E-state index in [1.807, 2.05) is 30.3 Å². The maximum absolute atomic E-state index is 10.5. The molecule has 0 aliphatic carbocycles. The second-order valence-corrected chi connectivity index (χ2v) is 5.37. The van der Waals surface area contributed by atoms with Gasteiger partial charge in [0, 0.05) is 27.2 Å². The van der Waals surface area contributed by atoms with Crippen LogP contribution in [0.4, 0.5) is 0 Å². The van der Waals surface area contributed by atoms with Gasteiger partial charge in [0.1, 0.15) is 6.10 Å². The first kappa shape index (κ1) is 13.4. The van der Waals surface area contributed by atoms with Crippen LogP contribution in [0, 0.1) is 0 Å². The van der Waals surface area contributed by atoms with Gasteiger partial charge in [0.25, 0.3) is 0 Å². The minimum atomic E-state index is -0.800. The Morgan fingerprint density at radius 1 is 1.00 bits per heavy atom. The van der Waals surface area contributed by atoms with Gasteiger partial charge >= 0.3 is 0 Å². The first-order valence-electron chi connectivity index (χ1n) is 6.13. The van der Waals surface area contributed by atoms with E-state index in [2.05, 4.69) is 4.98 Å². The molecule has 0 aliphatic heterocycles. The maximum atomic E-state index is 10.5. The van der Waals surface area contributed by atoms with E-state index in [0.29, 0.717) is 15.6 Å². The standard InChI is InChI=1S/C16H11Cl2NO/c17-12-5-6-13(14(18)9-12)16(20)11-4-3-10-2-1-7-19-15(10)8-11/h1-9,16,20H. The molecular weight excluding hydrogens is 293 g/mol. The van der Waals surface area contributed by atoms with Gasteiger partial charge in [0.15, 0.2) is 0 Å². The molecule has 1 heterocycles. The molecule has 3 aromatic rings. The predicted octanol–water partition coefficient (Wildman–Crippen LogP) is 4.62. The monoisotopic (exact) mass is 303 g/mol. The molecule has 3 rings (SSSR count). The van der Waals surface area contributed by atoms with Crippen LogP contribution in [0.3, 0.4) is 0 Å². The van der Waals surface area contributed by atoms with Crippen LogP contribution in [-0.4, -0.2) is 10.1 Å². The number of rotatable bonds is 2. The number of hydrogen-bond acceptors (Lipinski definition) is 2. The Bertz CT molecular complexity index is 773. The number of pyridine rings is 1. The zero-order valence-electron chi connectivity index (χ0n) is 10.4. The number of nitrogens with zero attached hydrogens (tertiary/aromatic N) is 1. The van der Waals surface area contributed by atoms with Crippen molar-refractivity contribution in [3.8, 4) is 0 Å². The van der Waals surface area contributed by atoms with Crippen LogP contribution >= 0.6 is 23.2 Å². The molecule has 0 bridgehead atoms. The number of hydrogen-bond donors (Lipinski definition) is 1. The summed E-state index contributed by atoms with van der Waals surface area (Å²) in [6.07, 6.45) is 0.930. The van der Waals surface area contributed by atoms with Gasteiger partial charge in [-0.2, -0.15) is 0 Å². The quantitative estimate of drug-likeness (QED) is 0.749. The van der Waals surface area contributed by atoms with Gasteiger partial charge in [-0.1, -0.05) is 47.5 Å². The highest BCUT2D eigenvalue weighted by molar-refractivity contribution is 6.35. The van der Waals surface area contributed by atoms with Gasteiger partial charge in [-0.3, -0.25) is 4.98 Å². The zero-order valence-corrected chi connectivity index (χ0v) is 11.9. The lowest BCUT2D eigenvalue weighted by atomic mass is 10.00. The average Bonchev–Trinajstić information content (AvgIpc) is 2.46. The fraction of sp³-hybridized carbons (Fsp3) is 0.0625. The molecule has 0 spiro atoms. The Morgan fingerprint density at radius 2 is 1.85 bits per heavy atom. The Labute approximate surface area is 126 Å². The summed E-state index contributed by atoms with van der Waals surface area (Å²) in [6, 6.07) is 14.6. The lowest BCUT2D eigenvalue weighted by molar-refractivity contribution is 0.220. The zero-order chi connectivity index (χ0) is 14.1. The first-order chi connectivity index (χ1) is 9.65. The highest BCUT2D eigenvalue weighted by atomic mass is 35.5. The Kier molecular flexibility index (Phi) is 3.62. The van der Waals surface area contributed by atoms with Crippen molar-refractivity contribution in [2.75, 3.05) is 0 Å². The summed E-state index contributed by atoms with van der Waals surface area (Å²) >= 11 is 12.0. The van der Waals surface area contributed by atoms with Gasteiger partial charge in [-0.05, 0) is 29.8 Å². The van der Waals surface area contributed by atoms with E-state index in [9.17, 15) is 5.11 Å². The van der Waals surface area contributed by atoms with Crippen molar-refractivity contribution < 1.29 is 5.11 Å². The van der Waals surface area contributed by atoms with Gasteiger partial charge in [0.2, 0.25) is 0 Å². The second kappa shape index (κ2) is 5.41. The number of fused-ring (bicyclic) bond motifs is 1. The smallest absolute Gasteiger partial charge is 0.106 e. The minimum absolute atomic E-state index is 0.450. The first-order valence-corrected chi connectivity index (χ1v) is 6.88. The summed E-state index contributed by atoms with van der Waals surface area (Å²) in [4.78, 5) is 4.29. The van der Waals surface area contributed by atoms with Crippen LogP contribution in [0.25, 0.3) is 10.9 Å². The van der Waals surface area contributed by atoms with Crippen LogP contribution in [0.2, 0.25) is 10.0 Å². The molecule has 1 unspecified atom stereocenters. The molecule has 0 saturated heterocycles. The van der Waals surface area contributed by atoms with Crippen molar-refractivity contribution in [1.29, 1.82) is 0 Å². The van der Waals surface area contributed by atoms with E-state index in [-0.39, 0.29) is 0 Å². The Hall–Kier alpha value is -1.61. The molecule has 0 fully saturated rings. The highest BCUT2D eigenvalue weighted by Crippen LogP contribution is 2.31. The number of benzene rings is 2. The van der Waals surface area contributed by atoms with Crippen LogP contribution in [0.15, 0.2) is 54.7 Å². The van der Waals surface area contributed by atoms with Crippen LogP contribution in [-0.2, 0) is 0 Å². The molecule has 0 radical (unpaired) electrons. The third-order valence-electron chi connectivity index (χ3n) is 3.20. The molecule has 0 aliphatic rings. The summed E-state index contributed by atoms with van der Waals surface area (Å²) in [5, 5.41) is 12.5. The molecule has 20 heavy (non-hydrogen) atoms. The van der Waals surface area contributed by atoms with E-state index in [1.54, 1.807) is 24.4 Å². The summed E-state index contributed by atoms with van der Waals surface area (Å²) < 4.78 is 0. The summed E-state index contributed by atoms with van der Waals surface area (Å²) in [5.74, 6) is 0. The fourth-order valence-corrected chi connectivity index (χ4v) is 2.67. The van der Waals surface area contributed by atoms with E-state index in [1.165, 1.54) is 0 Å². The van der Waals surface area contributed by atoms with Gasteiger partial charge < -0.3 is 5.11 Å². The molecule has 1 atom stereocenters. The van der Waals surface area contributed by atoms with Crippen molar-refractivity contribution in [2.24, 2.45) is 0 Å². The summed E-state index contributed by atoms with van der Waals surface area (Å²) in [7, 11) is 0. The SMILES string of the molecule is OC(c1ccc2cccnc2c1)c1ccc(Cl)cc1Cl. The molecule has 2 aromatic carbocycles. The average molecular weight is 304 g/mol. The van der Waals surface area contributed by atoms with Gasteiger partial charge in [-0.15, -0.1) is 0 Å². The number of aliphatic hydroxyl groups excluding tert-OH is 1. The minimum Gasteiger partial charge on any atom is -0.384 e. The maximum Gasteiger partial charge on any atom is 0.106 e. The molecule has 0 amide bonds. The lowest BCUT2D eigenvalue weighted by Crippen LogP contribution is -2.00. The normalized spacial score (nSPS) is 12.6. The van der Waals surface area contributed by atoms with Gasteiger partial charge in [0.05, 0.1) is 5.52 Å². The number of halogens is 2. The van der Waals surface area contributed by atoms with Crippen molar-refractivity contribution in [3.63, 3.8) is 0 Å². The van der Waals surface area contributed by atoms with Crippen molar-refractivity contribution in [2.45, 2.75) is 6.10 Å². The number of aliphatic hydroxyl groups is 1. The molecule has 4 heteroatoms. The molecule has 2 nitrogen and oxygen atoms in total. The molecule has 100 valence electrons. The van der Waals surface area contributed by atoms with Crippen LogP contribution in [0.5, 0.6) is 0 Å². The summed E-state index contributed by atoms with van der Waals surface area (Å²) in [5.41, 5.74) is 2.22. The van der Waals surface area contributed by atoms with Gasteiger partial charge in [-0.25, -0.2) is 0 Å². The third kappa shape index (κ3) is 2.50. The molecular formula is C16H11Cl2NO. The lowest BCUT2D eigenvalue weighted by Gasteiger charge is -2.14. The van der Waals surface area contributed by atoms with E-state index < -0.39 is 6.10 Å². The predicted molar refractivity (Wildman–Crippen MR) is 82.3 cm³/mol. The van der Waals surface area contributed by atoms with E-state index >= 15 is 0 Å². The van der Waals surface area contributed by atoms with Crippen molar-refractivity contribution >= 4 is 34.1 Å². The summed E-state index contributed by atoms with van der Waals surface area (Å²) in [6.45, 7) is 0. The number of aromatic nitrogens is 1. The van der Waals surface area contributed by atoms with Crippen LogP contribution in [0.1, 0.15) is 17.2 Å². The molecule has 1 N–H and O–H groups in total. The van der Waals surface area contributed by atoms with Crippen molar-refractivity contribution in [1.82, 2.24) is 4.98 Å². The topological polar surface area (TPSA) is 33.1 Å². The second-order valence-electron chi connectivity index (χ2n) is 4.52.